The summed E-state index contributed by atoms with van der Waals surface area (Å²) in [6.07, 6.45) is 0. The summed E-state index contributed by atoms with van der Waals surface area (Å²) in [6, 6.07) is 5.25. The minimum absolute atomic E-state index is 0. The molecule has 0 aromatic heterocycles. The molecule has 5 nitrogen and oxygen atoms in total. The SMILES string of the molecule is COc1ccc(Cl)cc1NCC(=O)NCC1CNC1.Cl.Cl. The molecule has 120 valence electrons. The third-order valence-corrected chi connectivity index (χ3v) is 3.29. The summed E-state index contributed by atoms with van der Waals surface area (Å²) in [6.45, 7) is 2.89. The van der Waals surface area contributed by atoms with Gasteiger partial charge in [0.2, 0.25) is 5.91 Å². The van der Waals surface area contributed by atoms with Crippen molar-refractivity contribution < 1.29 is 9.53 Å². The first-order valence-electron chi connectivity index (χ1n) is 6.24. The van der Waals surface area contributed by atoms with Gasteiger partial charge in [0.15, 0.2) is 0 Å². The molecule has 1 saturated heterocycles. The summed E-state index contributed by atoms with van der Waals surface area (Å²) in [5.41, 5.74) is 0.718. The van der Waals surface area contributed by atoms with Gasteiger partial charge in [0, 0.05) is 30.6 Å². The molecular formula is C13H20Cl3N3O2. The van der Waals surface area contributed by atoms with Crippen LogP contribution in [0.2, 0.25) is 5.02 Å². The predicted octanol–water partition coefficient (Wildman–Crippen LogP) is 1.94. The van der Waals surface area contributed by atoms with Crippen LogP contribution in [0.25, 0.3) is 0 Å². The summed E-state index contributed by atoms with van der Waals surface area (Å²) >= 11 is 5.92. The lowest BCUT2D eigenvalue weighted by molar-refractivity contribution is -0.119. The maximum absolute atomic E-state index is 11.7. The molecule has 1 amide bonds. The van der Waals surface area contributed by atoms with Gasteiger partial charge >= 0.3 is 0 Å². The van der Waals surface area contributed by atoms with Crippen molar-refractivity contribution in [3.05, 3.63) is 23.2 Å². The van der Waals surface area contributed by atoms with Crippen molar-refractivity contribution in [3.8, 4) is 5.75 Å². The Hall–Kier alpha value is -0.880. The Labute approximate surface area is 142 Å². The molecule has 3 N–H and O–H groups in total. The maximum Gasteiger partial charge on any atom is 0.239 e. The van der Waals surface area contributed by atoms with E-state index in [9.17, 15) is 4.79 Å². The van der Waals surface area contributed by atoms with Crippen LogP contribution in [0.5, 0.6) is 5.75 Å². The number of carbonyl (C=O) groups is 1. The van der Waals surface area contributed by atoms with Crippen molar-refractivity contribution in [2.45, 2.75) is 0 Å². The number of nitrogens with one attached hydrogen (secondary N) is 3. The van der Waals surface area contributed by atoms with E-state index in [1.807, 2.05) is 0 Å². The summed E-state index contributed by atoms with van der Waals surface area (Å²) in [5, 5.41) is 9.69. The van der Waals surface area contributed by atoms with E-state index in [4.69, 9.17) is 16.3 Å². The molecule has 1 heterocycles. The molecule has 2 rings (SSSR count). The fourth-order valence-electron chi connectivity index (χ4n) is 1.81. The number of ether oxygens (including phenoxy) is 1. The van der Waals surface area contributed by atoms with Gasteiger partial charge in [-0.1, -0.05) is 11.6 Å². The van der Waals surface area contributed by atoms with Crippen LogP contribution in [0.1, 0.15) is 0 Å². The second-order valence-electron chi connectivity index (χ2n) is 4.53. The molecule has 1 aromatic rings. The number of amides is 1. The molecule has 1 aliphatic heterocycles. The van der Waals surface area contributed by atoms with Crippen LogP contribution in [-0.2, 0) is 4.79 Å². The first-order chi connectivity index (χ1) is 9.19. The first-order valence-corrected chi connectivity index (χ1v) is 6.61. The number of methoxy groups -OCH3 is 1. The Morgan fingerprint density at radius 3 is 2.71 bits per heavy atom. The van der Waals surface area contributed by atoms with E-state index in [1.54, 1.807) is 25.3 Å². The minimum Gasteiger partial charge on any atom is -0.495 e. The molecule has 1 fully saturated rings. The van der Waals surface area contributed by atoms with E-state index in [-0.39, 0.29) is 37.3 Å². The van der Waals surface area contributed by atoms with Crippen LogP contribution in [-0.4, -0.2) is 39.2 Å². The zero-order valence-electron chi connectivity index (χ0n) is 11.6. The number of rotatable bonds is 6. The Morgan fingerprint density at radius 2 is 2.14 bits per heavy atom. The zero-order chi connectivity index (χ0) is 13.7. The Morgan fingerprint density at radius 1 is 1.43 bits per heavy atom. The van der Waals surface area contributed by atoms with E-state index in [0.717, 1.165) is 25.3 Å². The van der Waals surface area contributed by atoms with E-state index in [2.05, 4.69) is 16.0 Å². The lowest BCUT2D eigenvalue weighted by Gasteiger charge is -2.27. The van der Waals surface area contributed by atoms with Crippen LogP contribution in [0.3, 0.4) is 0 Å². The van der Waals surface area contributed by atoms with E-state index in [1.165, 1.54) is 0 Å². The van der Waals surface area contributed by atoms with Crippen molar-refractivity contribution in [1.29, 1.82) is 0 Å². The van der Waals surface area contributed by atoms with Crippen LogP contribution in [0.15, 0.2) is 18.2 Å². The van der Waals surface area contributed by atoms with Crippen molar-refractivity contribution >= 4 is 48.0 Å². The van der Waals surface area contributed by atoms with Gasteiger partial charge in [0.05, 0.1) is 19.3 Å². The van der Waals surface area contributed by atoms with Gasteiger partial charge in [0.1, 0.15) is 5.75 Å². The van der Waals surface area contributed by atoms with Crippen molar-refractivity contribution in [3.63, 3.8) is 0 Å². The highest BCUT2D eigenvalue weighted by atomic mass is 35.5. The predicted molar refractivity (Wildman–Crippen MR) is 90.4 cm³/mol. The monoisotopic (exact) mass is 355 g/mol. The summed E-state index contributed by atoms with van der Waals surface area (Å²) < 4.78 is 5.20. The topological polar surface area (TPSA) is 62.4 Å². The molecule has 0 aliphatic carbocycles. The molecule has 21 heavy (non-hydrogen) atoms. The molecular weight excluding hydrogens is 337 g/mol. The van der Waals surface area contributed by atoms with E-state index in [0.29, 0.717) is 16.7 Å². The van der Waals surface area contributed by atoms with Gasteiger partial charge in [-0.25, -0.2) is 0 Å². The normalized spacial score (nSPS) is 13.2. The Kier molecular flexibility index (Phi) is 9.53. The number of hydrogen-bond donors (Lipinski definition) is 3. The Bertz CT molecular complexity index is 456. The van der Waals surface area contributed by atoms with Crippen LogP contribution in [0, 0.1) is 5.92 Å². The smallest absolute Gasteiger partial charge is 0.239 e. The molecule has 0 spiro atoms. The van der Waals surface area contributed by atoms with Gasteiger partial charge in [-0.2, -0.15) is 0 Å². The average Bonchev–Trinajstić information content (AvgIpc) is 2.34. The lowest BCUT2D eigenvalue weighted by atomic mass is 10.0. The highest BCUT2D eigenvalue weighted by Crippen LogP contribution is 2.27. The highest BCUT2D eigenvalue weighted by molar-refractivity contribution is 6.30. The van der Waals surface area contributed by atoms with Crippen LogP contribution in [0.4, 0.5) is 5.69 Å². The summed E-state index contributed by atoms with van der Waals surface area (Å²) in [5.74, 6) is 1.19. The highest BCUT2D eigenvalue weighted by Gasteiger charge is 2.17. The first kappa shape index (κ1) is 20.1. The summed E-state index contributed by atoms with van der Waals surface area (Å²) in [4.78, 5) is 11.7. The fourth-order valence-corrected chi connectivity index (χ4v) is 1.98. The van der Waals surface area contributed by atoms with E-state index < -0.39 is 0 Å². The van der Waals surface area contributed by atoms with Gasteiger partial charge in [-0.3, -0.25) is 4.79 Å². The largest absolute Gasteiger partial charge is 0.495 e. The second-order valence-corrected chi connectivity index (χ2v) is 4.96. The molecule has 1 aromatic carbocycles. The zero-order valence-corrected chi connectivity index (χ0v) is 14.0. The van der Waals surface area contributed by atoms with Crippen molar-refractivity contribution in [2.24, 2.45) is 5.92 Å². The maximum atomic E-state index is 11.7. The minimum atomic E-state index is -0.0334. The second kappa shape index (κ2) is 9.95. The van der Waals surface area contributed by atoms with Gasteiger partial charge in [-0.05, 0) is 18.2 Å². The van der Waals surface area contributed by atoms with Gasteiger partial charge in [0.25, 0.3) is 0 Å². The molecule has 0 unspecified atom stereocenters. The number of anilines is 1. The molecule has 0 radical (unpaired) electrons. The molecule has 0 saturated carbocycles. The molecule has 1 aliphatic rings. The average molecular weight is 357 g/mol. The fraction of sp³-hybridized carbons (Fsp3) is 0.462. The number of halogens is 3. The quantitative estimate of drug-likeness (QED) is 0.729. The van der Waals surface area contributed by atoms with Gasteiger partial charge in [-0.15, -0.1) is 24.8 Å². The summed E-state index contributed by atoms with van der Waals surface area (Å²) in [7, 11) is 1.58. The van der Waals surface area contributed by atoms with Gasteiger partial charge < -0.3 is 20.7 Å². The number of hydrogen-bond acceptors (Lipinski definition) is 4. The third kappa shape index (κ3) is 6.18. The number of benzene rings is 1. The van der Waals surface area contributed by atoms with E-state index >= 15 is 0 Å². The Balaban J connectivity index is 0.00000200. The molecule has 0 bridgehead atoms. The molecule has 0 atom stereocenters. The van der Waals surface area contributed by atoms with Crippen LogP contribution < -0.4 is 20.7 Å². The third-order valence-electron chi connectivity index (χ3n) is 3.05. The van der Waals surface area contributed by atoms with Crippen molar-refractivity contribution in [2.75, 3.05) is 38.6 Å². The van der Waals surface area contributed by atoms with Crippen molar-refractivity contribution in [1.82, 2.24) is 10.6 Å². The van der Waals surface area contributed by atoms with Crippen LogP contribution >= 0.6 is 36.4 Å². The number of carbonyl (C=O) groups excluding carboxylic acids is 1. The lowest BCUT2D eigenvalue weighted by Crippen LogP contribution is -2.48. The molecule has 8 heteroatoms. The standard InChI is InChI=1S/C13H18ClN3O2.2ClH/c1-19-12-3-2-10(14)4-11(12)16-8-13(18)17-7-9-5-15-6-9;;/h2-4,9,15-16H,5-8H2,1H3,(H,17,18);2*1H.